The number of hydrogen-bond acceptors (Lipinski definition) is 8. The molecule has 0 amide bonds. The van der Waals surface area contributed by atoms with Crippen molar-refractivity contribution in [2.24, 2.45) is 0 Å². The van der Waals surface area contributed by atoms with Gasteiger partial charge < -0.3 is 9.84 Å². The lowest BCUT2D eigenvalue weighted by atomic mass is 10.1. The molecular formula is C23H23N8O2P. The van der Waals surface area contributed by atoms with Crippen molar-refractivity contribution in [3.63, 3.8) is 0 Å². The van der Waals surface area contributed by atoms with E-state index in [1.54, 1.807) is 29.2 Å². The predicted molar refractivity (Wildman–Crippen MR) is 132 cm³/mol. The van der Waals surface area contributed by atoms with Crippen molar-refractivity contribution >= 4 is 46.5 Å². The molecule has 0 aliphatic carbocycles. The Bertz CT molecular complexity index is 1500. The minimum absolute atomic E-state index is 0.468. The van der Waals surface area contributed by atoms with E-state index in [4.69, 9.17) is 4.52 Å². The molecule has 0 spiro atoms. The summed E-state index contributed by atoms with van der Waals surface area (Å²) in [4.78, 5) is 13.4. The highest BCUT2D eigenvalue weighted by atomic mass is 31.2. The van der Waals surface area contributed by atoms with Crippen molar-refractivity contribution in [2.45, 2.75) is 13.5 Å². The van der Waals surface area contributed by atoms with Gasteiger partial charge in [0.05, 0.1) is 23.6 Å². The van der Waals surface area contributed by atoms with Gasteiger partial charge in [-0.1, -0.05) is 24.3 Å². The van der Waals surface area contributed by atoms with Crippen LogP contribution in [0.1, 0.15) is 12.5 Å². The summed E-state index contributed by atoms with van der Waals surface area (Å²) < 4.78 is 19.8. The van der Waals surface area contributed by atoms with Gasteiger partial charge in [0.15, 0.2) is 11.5 Å². The Hall–Kier alpha value is -3.72. The highest BCUT2D eigenvalue weighted by molar-refractivity contribution is 7.65. The maximum absolute atomic E-state index is 12.8. The van der Waals surface area contributed by atoms with Gasteiger partial charge in [-0.3, -0.25) is 9.55 Å². The molecule has 5 aromatic rings. The minimum Gasteiger partial charge on any atom is -0.339 e. The van der Waals surface area contributed by atoms with Crippen molar-refractivity contribution in [1.82, 2.24) is 35.0 Å². The first-order valence-electron chi connectivity index (χ1n) is 10.8. The van der Waals surface area contributed by atoms with Crippen LogP contribution in [-0.4, -0.2) is 43.6 Å². The van der Waals surface area contributed by atoms with E-state index in [-0.39, 0.29) is 0 Å². The SMILES string of the molecule is CCNP(=O)(OC)c1ccc(Nc2cnc3nnn(Cc4ccc5ncccc5c4)c3n2)cc1. The molecule has 0 aliphatic heterocycles. The van der Waals surface area contributed by atoms with Gasteiger partial charge in [-0.2, -0.15) is 0 Å². The van der Waals surface area contributed by atoms with Crippen molar-refractivity contribution in [1.29, 1.82) is 0 Å². The molecule has 0 saturated heterocycles. The highest BCUT2D eigenvalue weighted by Crippen LogP contribution is 2.39. The molecule has 10 nitrogen and oxygen atoms in total. The van der Waals surface area contributed by atoms with E-state index in [1.165, 1.54) is 7.11 Å². The summed E-state index contributed by atoms with van der Waals surface area (Å²) in [5.74, 6) is 0.549. The van der Waals surface area contributed by atoms with E-state index >= 15 is 0 Å². The van der Waals surface area contributed by atoms with Crippen LogP contribution in [0.15, 0.2) is 67.0 Å². The maximum Gasteiger partial charge on any atom is 0.299 e. The molecule has 172 valence electrons. The molecule has 1 unspecified atom stereocenters. The first-order valence-corrected chi connectivity index (χ1v) is 12.4. The van der Waals surface area contributed by atoms with Crippen molar-refractivity contribution < 1.29 is 9.09 Å². The maximum atomic E-state index is 12.8. The van der Waals surface area contributed by atoms with Crippen LogP contribution in [0, 0.1) is 0 Å². The average Bonchev–Trinajstić information content (AvgIpc) is 3.26. The van der Waals surface area contributed by atoms with E-state index in [0.29, 0.717) is 35.5 Å². The summed E-state index contributed by atoms with van der Waals surface area (Å²) >= 11 is 0. The zero-order valence-corrected chi connectivity index (χ0v) is 19.6. The summed E-state index contributed by atoms with van der Waals surface area (Å²) in [6.07, 6.45) is 3.39. The topological polar surface area (TPSA) is 120 Å². The summed E-state index contributed by atoms with van der Waals surface area (Å²) in [7, 11) is -1.63. The Kier molecular flexibility index (Phi) is 6.02. The van der Waals surface area contributed by atoms with Crippen molar-refractivity contribution in [3.05, 3.63) is 72.6 Å². The molecule has 11 heteroatoms. The zero-order chi connectivity index (χ0) is 23.5. The molecule has 1 atom stereocenters. The smallest absolute Gasteiger partial charge is 0.299 e. The Morgan fingerprint density at radius 2 is 1.94 bits per heavy atom. The highest BCUT2D eigenvalue weighted by Gasteiger charge is 2.22. The molecule has 34 heavy (non-hydrogen) atoms. The number of nitrogens with one attached hydrogen (secondary N) is 2. The molecule has 0 saturated carbocycles. The fourth-order valence-electron chi connectivity index (χ4n) is 3.68. The second-order valence-corrected chi connectivity index (χ2v) is 9.90. The second kappa shape index (κ2) is 9.26. The van der Waals surface area contributed by atoms with Gasteiger partial charge in [0.25, 0.3) is 7.52 Å². The fourth-order valence-corrected chi connectivity index (χ4v) is 5.16. The zero-order valence-electron chi connectivity index (χ0n) is 18.7. The lowest BCUT2D eigenvalue weighted by molar-refractivity contribution is 0.393. The molecule has 3 aromatic heterocycles. The van der Waals surface area contributed by atoms with Crippen molar-refractivity contribution in [2.75, 3.05) is 19.0 Å². The van der Waals surface area contributed by atoms with Crippen LogP contribution < -0.4 is 15.7 Å². The van der Waals surface area contributed by atoms with Crippen LogP contribution in [0.3, 0.4) is 0 Å². The van der Waals surface area contributed by atoms with Crippen molar-refractivity contribution in [3.8, 4) is 0 Å². The first kappa shape index (κ1) is 22.1. The van der Waals surface area contributed by atoms with Gasteiger partial charge in [0.2, 0.25) is 5.65 Å². The van der Waals surface area contributed by atoms with Gasteiger partial charge in [-0.15, -0.1) is 5.10 Å². The van der Waals surface area contributed by atoms with Crippen LogP contribution in [0.5, 0.6) is 0 Å². The van der Waals surface area contributed by atoms with Gasteiger partial charge in [0.1, 0.15) is 0 Å². The van der Waals surface area contributed by atoms with E-state index in [0.717, 1.165) is 22.2 Å². The molecule has 0 bridgehead atoms. The van der Waals surface area contributed by atoms with Gasteiger partial charge in [-0.25, -0.2) is 19.7 Å². The molecule has 0 fully saturated rings. The van der Waals surface area contributed by atoms with Gasteiger partial charge in [-0.05, 0) is 48.0 Å². The summed E-state index contributed by atoms with van der Waals surface area (Å²) in [6, 6.07) is 17.2. The van der Waals surface area contributed by atoms with Crippen LogP contribution >= 0.6 is 7.52 Å². The van der Waals surface area contributed by atoms with Crippen LogP contribution in [-0.2, 0) is 15.6 Å². The number of rotatable bonds is 8. The van der Waals surface area contributed by atoms with Crippen LogP contribution in [0.4, 0.5) is 11.5 Å². The third-order valence-electron chi connectivity index (χ3n) is 5.33. The predicted octanol–water partition coefficient (Wildman–Crippen LogP) is 3.64. The Morgan fingerprint density at radius 1 is 1.09 bits per heavy atom. The fraction of sp³-hybridized carbons (Fsp3) is 0.174. The van der Waals surface area contributed by atoms with Crippen LogP contribution in [0.25, 0.3) is 22.2 Å². The molecule has 3 heterocycles. The Labute approximate surface area is 195 Å². The number of hydrogen-bond donors (Lipinski definition) is 2. The van der Waals surface area contributed by atoms with Crippen LogP contribution in [0.2, 0.25) is 0 Å². The third-order valence-corrected chi connectivity index (χ3v) is 7.55. The average molecular weight is 474 g/mol. The molecule has 5 rings (SSSR count). The van der Waals surface area contributed by atoms with E-state index in [9.17, 15) is 4.57 Å². The first-order chi connectivity index (χ1) is 16.6. The number of benzene rings is 2. The van der Waals surface area contributed by atoms with E-state index in [1.807, 2.05) is 43.3 Å². The standard InChI is InChI=1S/C23H23N8O2P/c1-3-26-34(32,33-2)19-9-7-18(8-10-19)27-21-14-25-22-23(28-21)31(30-29-22)15-16-6-11-20-17(13-16)5-4-12-24-20/h4-14H,3,15H2,1-2H3,(H,26,32)(H,27,28). The molecule has 2 N–H and O–H groups in total. The number of aromatic nitrogens is 6. The lowest BCUT2D eigenvalue weighted by Gasteiger charge is -2.17. The molecule has 0 radical (unpaired) electrons. The van der Waals surface area contributed by atoms with Gasteiger partial charge >= 0.3 is 0 Å². The Balaban J connectivity index is 1.38. The largest absolute Gasteiger partial charge is 0.339 e. The summed E-state index contributed by atoms with van der Waals surface area (Å²) in [6.45, 7) is 2.93. The number of anilines is 2. The quantitative estimate of drug-likeness (QED) is 0.325. The van der Waals surface area contributed by atoms with Gasteiger partial charge in [0, 0.05) is 30.9 Å². The number of pyridine rings is 1. The minimum atomic E-state index is -3.06. The molecular weight excluding hydrogens is 451 g/mol. The monoisotopic (exact) mass is 474 g/mol. The normalized spacial score (nSPS) is 13.2. The summed E-state index contributed by atoms with van der Waals surface area (Å²) in [5, 5.41) is 16.2. The lowest BCUT2D eigenvalue weighted by Crippen LogP contribution is -2.20. The molecule has 2 aromatic carbocycles. The van der Waals surface area contributed by atoms with E-state index < -0.39 is 7.52 Å². The molecule has 0 aliphatic rings. The Morgan fingerprint density at radius 3 is 2.74 bits per heavy atom. The number of nitrogens with zero attached hydrogens (tertiary/aromatic N) is 6. The summed E-state index contributed by atoms with van der Waals surface area (Å²) in [5.41, 5.74) is 3.82. The number of fused-ring (bicyclic) bond motifs is 2. The third kappa shape index (κ3) is 4.38. The van der Waals surface area contributed by atoms with E-state index in [2.05, 4.69) is 41.7 Å². The second-order valence-electron chi connectivity index (χ2n) is 7.60.